The van der Waals surface area contributed by atoms with Gasteiger partial charge in [-0.1, -0.05) is 36.4 Å². The summed E-state index contributed by atoms with van der Waals surface area (Å²) in [4.78, 5) is 7.07. The number of hydrogen-bond donors (Lipinski definition) is 2. The standard InChI is InChI=1S/C23H30N4O.HI/c1-4-24-23(26-17-20-10-7-18(2)15-22(20)28-3)25-16-19-8-11-21(12-9-19)27-13-5-6-14-27;/h5-12,15H,4,13-14,16-17H2,1-3H3,(H2,24,25,26);1H. The van der Waals surface area contributed by atoms with Crippen molar-refractivity contribution in [1.82, 2.24) is 10.6 Å². The number of ether oxygens (including phenoxy) is 1. The molecule has 0 unspecified atom stereocenters. The quantitative estimate of drug-likeness (QED) is 0.255. The average Bonchev–Trinajstić information content (AvgIpc) is 3.26. The van der Waals surface area contributed by atoms with Crippen molar-refractivity contribution in [2.24, 2.45) is 4.99 Å². The number of aryl methyl sites for hydroxylation is 1. The van der Waals surface area contributed by atoms with Gasteiger partial charge in [0.25, 0.3) is 0 Å². The molecule has 3 rings (SSSR count). The van der Waals surface area contributed by atoms with E-state index in [1.165, 1.54) is 16.8 Å². The van der Waals surface area contributed by atoms with E-state index in [1.807, 2.05) is 0 Å². The largest absolute Gasteiger partial charge is 0.496 e. The summed E-state index contributed by atoms with van der Waals surface area (Å²) in [6, 6.07) is 14.9. The number of halogens is 1. The number of guanidine groups is 1. The Morgan fingerprint density at radius 1 is 1.07 bits per heavy atom. The van der Waals surface area contributed by atoms with Crippen LogP contribution in [0.2, 0.25) is 0 Å². The Hall–Kier alpha value is -2.22. The molecule has 0 saturated carbocycles. The van der Waals surface area contributed by atoms with E-state index in [9.17, 15) is 0 Å². The molecule has 0 fully saturated rings. The molecule has 1 aliphatic heterocycles. The van der Waals surface area contributed by atoms with E-state index in [0.29, 0.717) is 13.1 Å². The molecule has 0 aromatic heterocycles. The van der Waals surface area contributed by atoms with Crippen LogP contribution < -0.4 is 20.3 Å². The molecule has 1 heterocycles. The number of aliphatic imine (C=N–C) groups is 1. The van der Waals surface area contributed by atoms with E-state index < -0.39 is 0 Å². The van der Waals surface area contributed by atoms with E-state index >= 15 is 0 Å². The third kappa shape index (κ3) is 6.66. The minimum absolute atomic E-state index is 0. The normalized spacial score (nSPS) is 13.2. The van der Waals surface area contributed by atoms with E-state index in [4.69, 9.17) is 9.73 Å². The lowest BCUT2D eigenvalue weighted by Gasteiger charge is -2.17. The number of hydrogen-bond acceptors (Lipinski definition) is 3. The second-order valence-electron chi connectivity index (χ2n) is 6.91. The van der Waals surface area contributed by atoms with Gasteiger partial charge in [-0.3, -0.25) is 0 Å². The Morgan fingerprint density at radius 2 is 1.79 bits per heavy atom. The third-order valence-corrected chi connectivity index (χ3v) is 4.77. The minimum Gasteiger partial charge on any atom is -0.496 e. The molecule has 1 aliphatic rings. The molecule has 2 N–H and O–H groups in total. The van der Waals surface area contributed by atoms with Crippen LogP contribution in [-0.2, 0) is 13.1 Å². The lowest BCUT2D eigenvalue weighted by Crippen LogP contribution is -2.36. The van der Waals surface area contributed by atoms with E-state index in [1.54, 1.807) is 7.11 Å². The maximum absolute atomic E-state index is 5.49. The lowest BCUT2D eigenvalue weighted by molar-refractivity contribution is 0.408. The van der Waals surface area contributed by atoms with Crippen LogP contribution in [0.3, 0.4) is 0 Å². The zero-order valence-corrected chi connectivity index (χ0v) is 19.8. The summed E-state index contributed by atoms with van der Waals surface area (Å²) in [5.41, 5.74) is 4.76. The van der Waals surface area contributed by atoms with Crippen molar-refractivity contribution in [3.8, 4) is 5.75 Å². The number of benzene rings is 2. The van der Waals surface area contributed by atoms with Gasteiger partial charge in [0.05, 0.1) is 13.7 Å². The maximum Gasteiger partial charge on any atom is 0.191 e. The van der Waals surface area contributed by atoms with Crippen molar-refractivity contribution in [2.45, 2.75) is 26.9 Å². The molecule has 5 nitrogen and oxygen atoms in total. The maximum atomic E-state index is 5.49. The summed E-state index contributed by atoms with van der Waals surface area (Å²) in [6.07, 6.45) is 4.41. The summed E-state index contributed by atoms with van der Waals surface area (Å²) in [7, 11) is 1.71. The molecule has 2 aromatic carbocycles. The first-order valence-corrected chi connectivity index (χ1v) is 9.84. The second kappa shape index (κ2) is 11.7. The number of methoxy groups -OCH3 is 1. The summed E-state index contributed by atoms with van der Waals surface area (Å²) in [5, 5.41) is 6.71. The molecule has 0 atom stereocenters. The lowest BCUT2D eigenvalue weighted by atomic mass is 10.1. The van der Waals surface area contributed by atoms with Crippen LogP contribution in [0.4, 0.5) is 5.69 Å². The highest BCUT2D eigenvalue weighted by Gasteiger charge is 2.07. The Bertz CT molecular complexity index is 825. The third-order valence-electron chi connectivity index (χ3n) is 4.77. The van der Waals surface area contributed by atoms with E-state index in [0.717, 1.165) is 36.9 Å². The van der Waals surface area contributed by atoms with Gasteiger partial charge in [0.1, 0.15) is 5.75 Å². The first kappa shape index (κ1) is 23.1. The first-order chi connectivity index (χ1) is 13.7. The van der Waals surface area contributed by atoms with Crippen LogP contribution in [0.5, 0.6) is 5.75 Å². The fourth-order valence-electron chi connectivity index (χ4n) is 3.19. The summed E-state index contributed by atoms with van der Waals surface area (Å²) >= 11 is 0. The SMILES string of the molecule is CCNC(=NCc1ccc(N2CC=CC2)cc1)NCc1ccc(C)cc1OC.I. The first-order valence-electron chi connectivity index (χ1n) is 9.84. The average molecular weight is 506 g/mol. The predicted octanol–water partition coefficient (Wildman–Crippen LogP) is 4.25. The van der Waals surface area contributed by atoms with Gasteiger partial charge < -0.3 is 20.3 Å². The van der Waals surface area contributed by atoms with Gasteiger partial charge in [-0.25, -0.2) is 4.99 Å². The molecule has 0 radical (unpaired) electrons. The van der Waals surface area contributed by atoms with Crippen LogP contribution in [0.15, 0.2) is 59.6 Å². The summed E-state index contributed by atoms with van der Waals surface area (Å²) in [5.74, 6) is 1.70. The van der Waals surface area contributed by atoms with Gasteiger partial charge in [-0.2, -0.15) is 0 Å². The van der Waals surface area contributed by atoms with Gasteiger partial charge in [-0.15, -0.1) is 24.0 Å². The molecular formula is C23H31IN4O. The molecule has 0 amide bonds. The molecule has 2 aromatic rings. The Kier molecular flexibility index (Phi) is 9.31. The summed E-state index contributed by atoms with van der Waals surface area (Å²) in [6.45, 7) is 8.25. The van der Waals surface area contributed by atoms with Gasteiger partial charge in [0.15, 0.2) is 5.96 Å². The molecule has 156 valence electrons. The Morgan fingerprint density at radius 3 is 2.45 bits per heavy atom. The van der Waals surface area contributed by atoms with Crippen molar-refractivity contribution >= 4 is 35.6 Å². The van der Waals surface area contributed by atoms with E-state index in [2.05, 4.69) is 84.0 Å². The van der Waals surface area contributed by atoms with Gasteiger partial charge in [0.2, 0.25) is 0 Å². The highest BCUT2D eigenvalue weighted by molar-refractivity contribution is 14.0. The fraction of sp³-hybridized carbons (Fsp3) is 0.348. The number of nitrogens with zero attached hydrogens (tertiary/aromatic N) is 2. The molecule has 0 bridgehead atoms. The predicted molar refractivity (Wildman–Crippen MR) is 133 cm³/mol. The van der Waals surface area contributed by atoms with Crippen molar-refractivity contribution in [3.63, 3.8) is 0 Å². The molecule has 0 aliphatic carbocycles. The Labute approximate surface area is 191 Å². The van der Waals surface area contributed by atoms with Crippen LogP contribution in [0, 0.1) is 6.92 Å². The van der Waals surface area contributed by atoms with Crippen molar-refractivity contribution in [1.29, 1.82) is 0 Å². The highest BCUT2D eigenvalue weighted by atomic mass is 127. The molecule has 6 heteroatoms. The molecule has 29 heavy (non-hydrogen) atoms. The number of nitrogens with one attached hydrogen (secondary N) is 2. The van der Waals surface area contributed by atoms with Crippen molar-refractivity contribution in [3.05, 3.63) is 71.3 Å². The van der Waals surface area contributed by atoms with Crippen LogP contribution in [0.1, 0.15) is 23.6 Å². The molecule has 0 saturated heterocycles. The number of rotatable bonds is 7. The fourth-order valence-corrected chi connectivity index (χ4v) is 3.19. The minimum atomic E-state index is 0. The van der Waals surface area contributed by atoms with Crippen LogP contribution in [0.25, 0.3) is 0 Å². The molecular weight excluding hydrogens is 475 g/mol. The monoisotopic (exact) mass is 506 g/mol. The smallest absolute Gasteiger partial charge is 0.191 e. The topological polar surface area (TPSA) is 48.9 Å². The van der Waals surface area contributed by atoms with Crippen molar-refractivity contribution in [2.75, 3.05) is 31.6 Å². The van der Waals surface area contributed by atoms with Crippen molar-refractivity contribution < 1.29 is 4.74 Å². The van der Waals surface area contributed by atoms with Gasteiger partial charge in [-0.05, 0) is 43.2 Å². The number of anilines is 1. The summed E-state index contributed by atoms with van der Waals surface area (Å²) < 4.78 is 5.49. The molecule has 0 spiro atoms. The van der Waals surface area contributed by atoms with Crippen LogP contribution >= 0.6 is 24.0 Å². The van der Waals surface area contributed by atoms with Gasteiger partial charge in [0, 0.05) is 37.4 Å². The van der Waals surface area contributed by atoms with Gasteiger partial charge >= 0.3 is 0 Å². The Balaban J connectivity index is 0.00000300. The zero-order chi connectivity index (χ0) is 19.8. The highest BCUT2D eigenvalue weighted by Crippen LogP contribution is 2.20. The van der Waals surface area contributed by atoms with Crippen LogP contribution in [-0.4, -0.2) is 32.7 Å². The second-order valence-corrected chi connectivity index (χ2v) is 6.91. The zero-order valence-electron chi connectivity index (χ0n) is 17.4. The van der Waals surface area contributed by atoms with E-state index in [-0.39, 0.29) is 24.0 Å².